The van der Waals surface area contributed by atoms with Crippen LogP contribution in [0.2, 0.25) is 0 Å². The van der Waals surface area contributed by atoms with Gasteiger partial charge in [0.2, 0.25) is 0 Å². The van der Waals surface area contributed by atoms with Crippen LogP contribution in [-0.4, -0.2) is 6.61 Å². The molecule has 2 heteroatoms. The highest BCUT2D eigenvalue weighted by atomic mass is 32.1. The average molecular weight is 182 g/mol. The Morgan fingerprint density at radius 1 is 1.50 bits per heavy atom. The molecule has 0 atom stereocenters. The topological polar surface area (TPSA) is 9.23 Å². The smallest absolute Gasteiger partial charge is 0.0812 e. The van der Waals surface area contributed by atoms with Crippen molar-refractivity contribution in [3.05, 3.63) is 21.4 Å². The Hall–Kier alpha value is -0.340. The quantitative estimate of drug-likeness (QED) is 0.649. The maximum absolute atomic E-state index is 5.40. The van der Waals surface area contributed by atoms with E-state index in [9.17, 15) is 0 Å². The van der Waals surface area contributed by atoms with Crippen molar-refractivity contribution in [2.75, 3.05) is 6.61 Å². The van der Waals surface area contributed by atoms with Gasteiger partial charge in [-0.15, -0.1) is 11.3 Å². The number of rotatable bonds is 1. The maximum atomic E-state index is 5.40. The van der Waals surface area contributed by atoms with Gasteiger partial charge in [0.1, 0.15) is 0 Å². The normalized spacial score (nSPS) is 16.6. The molecule has 0 spiro atoms. The van der Waals surface area contributed by atoms with Crippen molar-refractivity contribution in [3.63, 3.8) is 0 Å². The van der Waals surface area contributed by atoms with Crippen LogP contribution in [0.3, 0.4) is 0 Å². The Morgan fingerprint density at radius 2 is 2.33 bits per heavy atom. The summed E-state index contributed by atoms with van der Waals surface area (Å²) in [6, 6.07) is 2.35. The zero-order chi connectivity index (χ0) is 8.55. The van der Waals surface area contributed by atoms with Crippen molar-refractivity contribution in [2.24, 2.45) is 0 Å². The first kappa shape index (κ1) is 8.27. The molecule has 0 saturated carbocycles. The summed E-state index contributed by atoms with van der Waals surface area (Å²) in [6.45, 7) is 6.24. The second-order valence-electron chi connectivity index (χ2n) is 3.55. The fraction of sp³-hybridized carbons (Fsp3) is 0.600. The summed E-state index contributed by atoms with van der Waals surface area (Å²) in [5, 5.41) is 0. The second kappa shape index (κ2) is 3.19. The van der Waals surface area contributed by atoms with E-state index >= 15 is 0 Å². The molecule has 0 aromatic carbocycles. The third-order valence-electron chi connectivity index (χ3n) is 2.23. The summed E-state index contributed by atoms with van der Waals surface area (Å²) < 4.78 is 5.40. The lowest BCUT2D eigenvalue weighted by molar-refractivity contribution is 0.113. The number of ether oxygens (including phenoxy) is 1. The van der Waals surface area contributed by atoms with Gasteiger partial charge in [0, 0.05) is 9.75 Å². The Balaban J connectivity index is 2.32. The van der Waals surface area contributed by atoms with E-state index in [1.165, 1.54) is 15.3 Å². The van der Waals surface area contributed by atoms with E-state index in [1.54, 1.807) is 0 Å². The van der Waals surface area contributed by atoms with Crippen molar-refractivity contribution in [1.82, 2.24) is 0 Å². The molecule has 0 amide bonds. The van der Waals surface area contributed by atoms with E-state index in [4.69, 9.17) is 4.74 Å². The zero-order valence-corrected chi connectivity index (χ0v) is 8.41. The van der Waals surface area contributed by atoms with Gasteiger partial charge in [0.25, 0.3) is 0 Å². The summed E-state index contributed by atoms with van der Waals surface area (Å²) in [5.74, 6) is 0.667. The lowest BCUT2D eigenvalue weighted by atomic mass is 10.1. The molecule has 0 saturated heterocycles. The third-order valence-corrected chi connectivity index (χ3v) is 3.69. The molecular weight excluding hydrogens is 168 g/mol. The van der Waals surface area contributed by atoms with Crippen LogP contribution < -0.4 is 0 Å². The fourth-order valence-electron chi connectivity index (χ4n) is 1.45. The highest BCUT2D eigenvalue weighted by Gasteiger charge is 2.14. The van der Waals surface area contributed by atoms with Gasteiger partial charge in [-0.1, -0.05) is 13.8 Å². The molecule has 0 radical (unpaired) electrons. The Morgan fingerprint density at radius 3 is 3.00 bits per heavy atom. The highest BCUT2D eigenvalue weighted by Crippen LogP contribution is 2.31. The molecule has 1 aliphatic rings. The van der Waals surface area contributed by atoms with Crippen LogP contribution >= 0.6 is 11.3 Å². The summed E-state index contributed by atoms with van der Waals surface area (Å²) >= 11 is 1.92. The van der Waals surface area contributed by atoms with Crippen LogP contribution in [0, 0.1) is 0 Å². The molecule has 12 heavy (non-hydrogen) atoms. The summed E-state index contributed by atoms with van der Waals surface area (Å²) in [4.78, 5) is 2.95. The van der Waals surface area contributed by atoms with E-state index < -0.39 is 0 Å². The van der Waals surface area contributed by atoms with Gasteiger partial charge in [-0.05, 0) is 24.0 Å². The molecule has 1 aromatic heterocycles. The van der Waals surface area contributed by atoms with Gasteiger partial charge in [0.05, 0.1) is 13.2 Å². The third kappa shape index (κ3) is 1.41. The minimum atomic E-state index is 0.667. The van der Waals surface area contributed by atoms with E-state index in [0.29, 0.717) is 5.92 Å². The Bertz CT molecular complexity index is 252. The van der Waals surface area contributed by atoms with Crippen molar-refractivity contribution in [1.29, 1.82) is 0 Å². The van der Waals surface area contributed by atoms with Crippen LogP contribution in [0.5, 0.6) is 0 Å². The predicted molar refractivity (Wildman–Crippen MR) is 51.8 cm³/mol. The monoisotopic (exact) mass is 182 g/mol. The first-order valence-corrected chi connectivity index (χ1v) is 5.28. The summed E-state index contributed by atoms with van der Waals surface area (Å²) in [6.07, 6.45) is 1.11. The van der Waals surface area contributed by atoms with Gasteiger partial charge >= 0.3 is 0 Å². The first-order chi connectivity index (χ1) is 5.77. The van der Waals surface area contributed by atoms with E-state index in [0.717, 1.165) is 19.6 Å². The van der Waals surface area contributed by atoms with Crippen LogP contribution in [0.15, 0.2) is 6.07 Å². The van der Waals surface area contributed by atoms with Crippen molar-refractivity contribution >= 4 is 11.3 Å². The van der Waals surface area contributed by atoms with E-state index in [1.807, 2.05) is 11.3 Å². The molecule has 0 unspecified atom stereocenters. The molecule has 1 aliphatic heterocycles. The van der Waals surface area contributed by atoms with Crippen molar-refractivity contribution < 1.29 is 4.74 Å². The molecular formula is C10H14OS. The van der Waals surface area contributed by atoms with Crippen LogP contribution in [0.1, 0.15) is 35.1 Å². The molecule has 0 N–H and O–H groups in total. The number of hydrogen-bond donors (Lipinski definition) is 0. The minimum Gasteiger partial charge on any atom is -0.376 e. The van der Waals surface area contributed by atoms with E-state index in [2.05, 4.69) is 19.9 Å². The molecule has 0 aliphatic carbocycles. The van der Waals surface area contributed by atoms with Crippen molar-refractivity contribution in [3.8, 4) is 0 Å². The lowest BCUT2D eigenvalue weighted by Gasteiger charge is -2.10. The average Bonchev–Trinajstić information content (AvgIpc) is 2.46. The Kier molecular flexibility index (Phi) is 2.20. The molecule has 1 aromatic rings. The molecule has 1 nitrogen and oxygen atoms in total. The molecule has 0 fully saturated rings. The van der Waals surface area contributed by atoms with Crippen LogP contribution in [0.25, 0.3) is 0 Å². The number of thiophene rings is 1. The van der Waals surface area contributed by atoms with Gasteiger partial charge < -0.3 is 4.74 Å². The zero-order valence-electron chi connectivity index (χ0n) is 7.59. The maximum Gasteiger partial charge on any atom is 0.0812 e. The first-order valence-electron chi connectivity index (χ1n) is 4.46. The highest BCUT2D eigenvalue weighted by molar-refractivity contribution is 7.12. The van der Waals surface area contributed by atoms with Gasteiger partial charge in [-0.25, -0.2) is 0 Å². The Labute approximate surface area is 77.4 Å². The fourth-order valence-corrected chi connectivity index (χ4v) is 2.61. The van der Waals surface area contributed by atoms with Gasteiger partial charge in [-0.2, -0.15) is 0 Å². The van der Waals surface area contributed by atoms with Gasteiger partial charge in [-0.3, -0.25) is 0 Å². The van der Waals surface area contributed by atoms with Crippen molar-refractivity contribution in [2.45, 2.75) is 32.8 Å². The number of fused-ring (bicyclic) bond motifs is 1. The molecule has 0 bridgehead atoms. The molecule has 2 heterocycles. The molecule has 2 rings (SSSR count). The lowest BCUT2D eigenvalue weighted by Crippen LogP contribution is -2.05. The summed E-state index contributed by atoms with van der Waals surface area (Å²) in [7, 11) is 0. The second-order valence-corrected chi connectivity index (χ2v) is 4.72. The van der Waals surface area contributed by atoms with Gasteiger partial charge in [0.15, 0.2) is 0 Å². The largest absolute Gasteiger partial charge is 0.376 e. The molecule has 66 valence electrons. The van der Waals surface area contributed by atoms with Crippen LogP contribution in [0.4, 0.5) is 0 Å². The SMILES string of the molecule is CC(C)c1cc2c(s1)COCC2. The number of hydrogen-bond acceptors (Lipinski definition) is 2. The minimum absolute atomic E-state index is 0.667. The summed E-state index contributed by atoms with van der Waals surface area (Å²) in [5.41, 5.74) is 1.52. The van der Waals surface area contributed by atoms with Crippen LogP contribution in [-0.2, 0) is 17.8 Å². The standard InChI is InChI=1S/C10H14OS/c1-7(2)9-5-8-3-4-11-6-10(8)12-9/h5,7H,3-4,6H2,1-2H3. The van der Waals surface area contributed by atoms with E-state index in [-0.39, 0.29) is 0 Å². The predicted octanol–water partition coefficient (Wildman–Crippen LogP) is 2.94.